The Labute approximate surface area is 188 Å². The minimum atomic E-state index is -0.821. The summed E-state index contributed by atoms with van der Waals surface area (Å²) in [6, 6.07) is 14.7. The molecule has 1 aliphatic heterocycles. The van der Waals surface area contributed by atoms with Crippen LogP contribution in [0.5, 0.6) is 0 Å². The Morgan fingerprint density at radius 1 is 0.871 bits per heavy atom. The highest BCUT2D eigenvalue weighted by Gasteiger charge is 2.37. The van der Waals surface area contributed by atoms with E-state index in [1.807, 2.05) is 42.7 Å². The molecule has 1 aliphatic rings. The van der Waals surface area contributed by atoms with Gasteiger partial charge in [-0.1, -0.05) is 35.3 Å². The van der Waals surface area contributed by atoms with E-state index < -0.39 is 17.8 Å². The van der Waals surface area contributed by atoms with Gasteiger partial charge >= 0.3 is 6.03 Å². The number of aryl methyl sites for hydroxylation is 1. The lowest BCUT2D eigenvalue weighted by molar-refractivity contribution is -0.122. The van der Waals surface area contributed by atoms with Crippen LogP contribution in [0.15, 0.2) is 60.2 Å². The van der Waals surface area contributed by atoms with Gasteiger partial charge in [-0.3, -0.25) is 14.9 Å². The number of carbonyl (C=O) groups is 3. The molecular formula is C23H17Cl2N3O3. The second-order valence-corrected chi connectivity index (χ2v) is 7.95. The van der Waals surface area contributed by atoms with Crippen LogP contribution in [-0.4, -0.2) is 22.4 Å². The van der Waals surface area contributed by atoms with Gasteiger partial charge in [-0.2, -0.15) is 0 Å². The standard InChI is InChI=1S/C23H17Cl2N3O3/c1-13-9-15(14(2)27(13)18-7-3-5-16(24)11-18)10-20-21(29)26-23(31)28(22(20)30)19-8-4-6-17(25)12-19/h3-12H,1-2H3,(H,26,29,31)/b20-10+. The molecule has 31 heavy (non-hydrogen) atoms. The van der Waals surface area contributed by atoms with Crippen LogP contribution >= 0.6 is 23.2 Å². The molecule has 0 spiro atoms. The van der Waals surface area contributed by atoms with Gasteiger partial charge in [-0.15, -0.1) is 0 Å². The topological polar surface area (TPSA) is 71.4 Å². The first kappa shape index (κ1) is 20.9. The van der Waals surface area contributed by atoms with Crippen LogP contribution in [0.2, 0.25) is 10.0 Å². The predicted octanol–water partition coefficient (Wildman–Crippen LogP) is 5.07. The number of rotatable bonds is 3. The number of aromatic nitrogens is 1. The van der Waals surface area contributed by atoms with Gasteiger partial charge in [-0.05, 0) is 68.0 Å². The van der Waals surface area contributed by atoms with Crippen molar-refractivity contribution < 1.29 is 14.4 Å². The summed E-state index contributed by atoms with van der Waals surface area (Å²) >= 11 is 12.1. The van der Waals surface area contributed by atoms with Crippen molar-refractivity contribution in [1.29, 1.82) is 0 Å². The van der Waals surface area contributed by atoms with Gasteiger partial charge in [0.15, 0.2) is 0 Å². The molecule has 0 saturated carbocycles. The first-order chi connectivity index (χ1) is 14.8. The molecule has 1 aromatic heterocycles. The Hall–Kier alpha value is -3.35. The highest BCUT2D eigenvalue weighted by Crippen LogP contribution is 2.27. The average molecular weight is 454 g/mol. The Morgan fingerprint density at radius 3 is 2.13 bits per heavy atom. The average Bonchev–Trinajstić information content (AvgIpc) is 2.98. The van der Waals surface area contributed by atoms with E-state index in [-0.39, 0.29) is 11.3 Å². The Morgan fingerprint density at radius 2 is 1.48 bits per heavy atom. The van der Waals surface area contributed by atoms with Crippen LogP contribution in [0.4, 0.5) is 10.5 Å². The number of hydrogen-bond acceptors (Lipinski definition) is 3. The number of benzene rings is 2. The van der Waals surface area contributed by atoms with E-state index in [9.17, 15) is 14.4 Å². The summed E-state index contributed by atoms with van der Waals surface area (Å²) in [5.41, 5.74) is 3.39. The lowest BCUT2D eigenvalue weighted by atomic mass is 10.1. The number of imide groups is 2. The van der Waals surface area contributed by atoms with E-state index in [0.29, 0.717) is 15.6 Å². The van der Waals surface area contributed by atoms with E-state index in [4.69, 9.17) is 23.2 Å². The van der Waals surface area contributed by atoms with Crippen LogP contribution in [0, 0.1) is 13.8 Å². The molecule has 6 nitrogen and oxygen atoms in total. The number of carbonyl (C=O) groups excluding carboxylic acids is 3. The summed E-state index contributed by atoms with van der Waals surface area (Å²) < 4.78 is 1.98. The number of nitrogens with one attached hydrogen (secondary N) is 1. The minimum Gasteiger partial charge on any atom is -0.318 e. The normalized spacial score (nSPS) is 15.5. The molecule has 3 aromatic rings. The summed E-state index contributed by atoms with van der Waals surface area (Å²) in [5, 5.41) is 3.19. The number of nitrogens with zero attached hydrogens (tertiary/aromatic N) is 2. The van der Waals surface area contributed by atoms with Gasteiger partial charge in [0.05, 0.1) is 5.69 Å². The van der Waals surface area contributed by atoms with Crippen molar-refractivity contribution in [3.8, 4) is 5.69 Å². The zero-order valence-electron chi connectivity index (χ0n) is 16.6. The van der Waals surface area contributed by atoms with E-state index in [2.05, 4.69) is 5.32 Å². The van der Waals surface area contributed by atoms with Gasteiger partial charge in [0.25, 0.3) is 11.8 Å². The van der Waals surface area contributed by atoms with Gasteiger partial charge in [0, 0.05) is 27.1 Å². The zero-order valence-corrected chi connectivity index (χ0v) is 18.2. The molecule has 0 bridgehead atoms. The number of amides is 4. The molecule has 0 atom stereocenters. The van der Waals surface area contributed by atoms with E-state index in [1.54, 1.807) is 24.3 Å². The molecule has 4 rings (SSSR count). The largest absolute Gasteiger partial charge is 0.335 e. The molecule has 4 amide bonds. The fraction of sp³-hybridized carbons (Fsp3) is 0.0870. The Balaban J connectivity index is 1.77. The minimum absolute atomic E-state index is 0.147. The second-order valence-electron chi connectivity index (χ2n) is 7.08. The van der Waals surface area contributed by atoms with Gasteiger partial charge in [0.2, 0.25) is 0 Å². The lowest BCUT2D eigenvalue weighted by Crippen LogP contribution is -2.54. The fourth-order valence-corrected chi connectivity index (χ4v) is 3.98. The maximum Gasteiger partial charge on any atom is 0.335 e. The van der Waals surface area contributed by atoms with Crippen LogP contribution in [-0.2, 0) is 9.59 Å². The predicted molar refractivity (Wildman–Crippen MR) is 121 cm³/mol. The third kappa shape index (κ3) is 3.87. The zero-order chi connectivity index (χ0) is 22.3. The number of urea groups is 1. The summed E-state index contributed by atoms with van der Waals surface area (Å²) in [6.45, 7) is 3.80. The first-order valence-corrected chi connectivity index (χ1v) is 10.1. The third-order valence-corrected chi connectivity index (χ3v) is 5.47. The highest BCUT2D eigenvalue weighted by atomic mass is 35.5. The molecule has 0 aliphatic carbocycles. The number of anilines is 1. The second kappa shape index (κ2) is 8.06. The van der Waals surface area contributed by atoms with Crippen molar-refractivity contribution in [2.24, 2.45) is 0 Å². The number of hydrogen-bond donors (Lipinski definition) is 1. The van der Waals surface area contributed by atoms with Crippen molar-refractivity contribution in [1.82, 2.24) is 9.88 Å². The summed E-state index contributed by atoms with van der Waals surface area (Å²) in [4.78, 5) is 38.8. The first-order valence-electron chi connectivity index (χ1n) is 9.38. The summed E-state index contributed by atoms with van der Waals surface area (Å²) in [5.74, 6) is -1.47. The third-order valence-electron chi connectivity index (χ3n) is 5.00. The molecule has 2 heterocycles. The van der Waals surface area contributed by atoms with Crippen LogP contribution in [0.1, 0.15) is 17.0 Å². The lowest BCUT2D eigenvalue weighted by Gasteiger charge is -2.26. The summed E-state index contributed by atoms with van der Waals surface area (Å²) in [7, 11) is 0. The maximum absolute atomic E-state index is 13.1. The molecule has 1 saturated heterocycles. The van der Waals surface area contributed by atoms with Crippen molar-refractivity contribution in [3.05, 3.63) is 87.2 Å². The van der Waals surface area contributed by atoms with Crippen molar-refractivity contribution in [3.63, 3.8) is 0 Å². The van der Waals surface area contributed by atoms with Crippen LogP contribution in [0.3, 0.4) is 0 Å². The fourth-order valence-electron chi connectivity index (χ4n) is 3.61. The highest BCUT2D eigenvalue weighted by molar-refractivity contribution is 6.39. The van der Waals surface area contributed by atoms with Gasteiger partial charge < -0.3 is 4.57 Å². The van der Waals surface area contributed by atoms with E-state index in [1.165, 1.54) is 12.1 Å². The summed E-state index contributed by atoms with van der Waals surface area (Å²) in [6.07, 6.45) is 1.49. The molecule has 1 fully saturated rings. The van der Waals surface area contributed by atoms with Crippen LogP contribution < -0.4 is 10.2 Å². The molecule has 2 aromatic carbocycles. The van der Waals surface area contributed by atoms with Crippen molar-refractivity contribution in [2.45, 2.75) is 13.8 Å². The number of barbiturate groups is 1. The maximum atomic E-state index is 13.1. The molecular weight excluding hydrogens is 437 g/mol. The van der Waals surface area contributed by atoms with Crippen LogP contribution in [0.25, 0.3) is 11.8 Å². The van der Waals surface area contributed by atoms with E-state index >= 15 is 0 Å². The monoisotopic (exact) mass is 453 g/mol. The quantitative estimate of drug-likeness (QED) is 0.444. The SMILES string of the molecule is Cc1cc(/C=C2\C(=O)NC(=O)N(c3cccc(Cl)c3)C2=O)c(C)n1-c1cccc(Cl)c1. The van der Waals surface area contributed by atoms with Gasteiger partial charge in [-0.25, -0.2) is 9.69 Å². The molecule has 0 radical (unpaired) electrons. The van der Waals surface area contributed by atoms with E-state index in [0.717, 1.165) is 22.0 Å². The van der Waals surface area contributed by atoms with Crippen molar-refractivity contribution in [2.75, 3.05) is 4.90 Å². The number of halogens is 2. The van der Waals surface area contributed by atoms with Crippen molar-refractivity contribution >= 4 is 52.8 Å². The Bertz CT molecular complexity index is 1280. The molecule has 1 N–H and O–H groups in total. The molecule has 8 heteroatoms. The smallest absolute Gasteiger partial charge is 0.318 e. The van der Waals surface area contributed by atoms with Gasteiger partial charge in [0.1, 0.15) is 5.57 Å². The Kier molecular flexibility index (Phi) is 5.43. The molecule has 0 unspecified atom stereocenters. The molecule has 156 valence electrons.